The zero-order valence-corrected chi connectivity index (χ0v) is 18.0. The van der Waals surface area contributed by atoms with Crippen molar-refractivity contribution in [3.05, 3.63) is 54.1 Å². The van der Waals surface area contributed by atoms with Crippen molar-refractivity contribution in [3.63, 3.8) is 0 Å². The van der Waals surface area contributed by atoms with Crippen molar-refractivity contribution in [2.75, 3.05) is 17.7 Å². The summed E-state index contributed by atoms with van der Waals surface area (Å²) >= 11 is 1.36. The van der Waals surface area contributed by atoms with Gasteiger partial charge in [-0.25, -0.2) is 0 Å². The van der Waals surface area contributed by atoms with Crippen LogP contribution in [0.2, 0.25) is 0 Å². The number of thioether (sulfide) groups is 1. The van der Waals surface area contributed by atoms with Gasteiger partial charge in [-0.15, -0.1) is 10.2 Å². The molecule has 0 spiro atoms. The van der Waals surface area contributed by atoms with Crippen LogP contribution in [0.25, 0.3) is 11.4 Å². The minimum absolute atomic E-state index is 0.0724. The maximum atomic E-state index is 12.2. The van der Waals surface area contributed by atoms with E-state index in [-0.39, 0.29) is 11.7 Å². The molecule has 2 aromatic carbocycles. The molecule has 0 atom stereocenters. The smallest absolute Gasteiger partial charge is 0.234 e. The Hall–Kier alpha value is -2.80. The number of amides is 1. The average molecular weight is 411 g/mol. The molecular weight excluding hydrogens is 384 g/mol. The van der Waals surface area contributed by atoms with E-state index in [0.717, 1.165) is 28.4 Å². The lowest BCUT2D eigenvalue weighted by Gasteiger charge is -2.09. The van der Waals surface area contributed by atoms with Crippen molar-refractivity contribution in [1.29, 1.82) is 0 Å². The van der Waals surface area contributed by atoms with Gasteiger partial charge < -0.3 is 14.6 Å². The zero-order valence-electron chi connectivity index (χ0n) is 17.2. The molecule has 152 valence electrons. The Morgan fingerprint density at radius 3 is 2.62 bits per heavy atom. The van der Waals surface area contributed by atoms with Gasteiger partial charge in [0, 0.05) is 18.3 Å². The number of rotatable bonds is 8. The van der Waals surface area contributed by atoms with E-state index in [0.29, 0.717) is 17.7 Å². The minimum Gasteiger partial charge on any atom is -0.493 e. The number of hydrogen-bond donors (Lipinski definition) is 1. The van der Waals surface area contributed by atoms with Gasteiger partial charge in [0.05, 0.1) is 12.4 Å². The standard InChI is InChI=1S/C22H26N4O2S/c1-15(2)13-28-19-10-8-17(9-11-19)21-24-25-22(26(21)4)29-14-20(27)23-18-7-5-6-16(3)12-18/h5-12,15H,13-14H2,1-4H3,(H,23,27). The van der Waals surface area contributed by atoms with Gasteiger partial charge in [0.15, 0.2) is 11.0 Å². The molecule has 1 amide bonds. The van der Waals surface area contributed by atoms with E-state index in [2.05, 4.69) is 29.4 Å². The molecule has 1 N–H and O–H groups in total. The van der Waals surface area contributed by atoms with Gasteiger partial charge in [-0.3, -0.25) is 4.79 Å². The van der Waals surface area contributed by atoms with Crippen LogP contribution >= 0.6 is 11.8 Å². The zero-order chi connectivity index (χ0) is 20.8. The molecule has 0 saturated heterocycles. The molecule has 0 aliphatic carbocycles. The van der Waals surface area contributed by atoms with Crippen molar-refractivity contribution in [1.82, 2.24) is 14.8 Å². The summed E-state index contributed by atoms with van der Waals surface area (Å²) in [7, 11) is 1.90. The predicted octanol–water partition coefficient (Wildman–Crippen LogP) is 4.56. The Labute approximate surface area is 175 Å². The SMILES string of the molecule is Cc1cccc(NC(=O)CSc2nnc(-c3ccc(OCC(C)C)cc3)n2C)c1. The summed E-state index contributed by atoms with van der Waals surface area (Å²) in [5.41, 5.74) is 2.86. The first-order chi connectivity index (χ1) is 13.9. The highest BCUT2D eigenvalue weighted by molar-refractivity contribution is 7.99. The predicted molar refractivity (Wildman–Crippen MR) is 117 cm³/mol. The van der Waals surface area contributed by atoms with Gasteiger partial charge in [0.1, 0.15) is 5.75 Å². The lowest BCUT2D eigenvalue weighted by atomic mass is 10.2. The molecule has 0 saturated carbocycles. The third kappa shape index (κ3) is 5.84. The van der Waals surface area contributed by atoms with E-state index in [1.54, 1.807) is 0 Å². The maximum absolute atomic E-state index is 12.2. The van der Waals surface area contributed by atoms with Crippen LogP contribution in [0.5, 0.6) is 5.75 Å². The fraction of sp³-hybridized carbons (Fsp3) is 0.318. The number of carbonyl (C=O) groups is 1. The van der Waals surface area contributed by atoms with Crippen molar-refractivity contribution in [3.8, 4) is 17.1 Å². The first kappa shape index (κ1) is 20.9. The molecule has 3 rings (SSSR count). The minimum atomic E-state index is -0.0724. The summed E-state index contributed by atoms with van der Waals surface area (Å²) in [6, 6.07) is 15.6. The highest BCUT2D eigenvalue weighted by Gasteiger charge is 2.13. The molecule has 0 radical (unpaired) electrons. The molecule has 1 aromatic heterocycles. The van der Waals surface area contributed by atoms with Crippen molar-refractivity contribution < 1.29 is 9.53 Å². The summed E-state index contributed by atoms with van der Waals surface area (Å²) < 4.78 is 7.62. The number of nitrogens with zero attached hydrogens (tertiary/aromatic N) is 3. The number of aromatic nitrogens is 3. The Morgan fingerprint density at radius 1 is 1.17 bits per heavy atom. The summed E-state index contributed by atoms with van der Waals surface area (Å²) in [5, 5.41) is 12.1. The Kier molecular flexibility index (Phi) is 6.93. The Balaban J connectivity index is 1.59. The quantitative estimate of drug-likeness (QED) is 0.552. The summed E-state index contributed by atoms with van der Waals surface area (Å²) in [5.74, 6) is 2.27. The highest BCUT2D eigenvalue weighted by Crippen LogP contribution is 2.25. The second-order valence-electron chi connectivity index (χ2n) is 7.30. The van der Waals surface area contributed by atoms with Crippen molar-refractivity contribution >= 4 is 23.4 Å². The number of benzene rings is 2. The number of hydrogen-bond acceptors (Lipinski definition) is 5. The van der Waals surface area contributed by atoms with Gasteiger partial charge in [-0.2, -0.15) is 0 Å². The van der Waals surface area contributed by atoms with Gasteiger partial charge in [0.2, 0.25) is 5.91 Å². The van der Waals surface area contributed by atoms with E-state index in [1.807, 2.05) is 67.1 Å². The number of ether oxygens (including phenoxy) is 1. The van der Waals surface area contributed by atoms with Crippen LogP contribution in [0, 0.1) is 12.8 Å². The lowest BCUT2D eigenvalue weighted by Crippen LogP contribution is -2.14. The first-order valence-corrected chi connectivity index (χ1v) is 10.5. The third-order valence-corrected chi connectivity index (χ3v) is 5.19. The topological polar surface area (TPSA) is 69.0 Å². The van der Waals surface area contributed by atoms with E-state index in [9.17, 15) is 4.79 Å². The third-order valence-electron chi connectivity index (χ3n) is 4.16. The van der Waals surface area contributed by atoms with Gasteiger partial charge in [0.25, 0.3) is 0 Å². The number of carbonyl (C=O) groups excluding carboxylic acids is 1. The Morgan fingerprint density at radius 2 is 1.93 bits per heavy atom. The molecule has 1 heterocycles. The fourth-order valence-electron chi connectivity index (χ4n) is 2.71. The van der Waals surface area contributed by atoms with Gasteiger partial charge in [-0.05, 0) is 54.8 Å². The second kappa shape index (κ2) is 9.60. The maximum Gasteiger partial charge on any atom is 0.234 e. The highest BCUT2D eigenvalue weighted by atomic mass is 32.2. The molecule has 0 aliphatic heterocycles. The largest absolute Gasteiger partial charge is 0.493 e. The molecule has 29 heavy (non-hydrogen) atoms. The van der Waals surface area contributed by atoms with E-state index in [1.165, 1.54) is 11.8 Å². The molecule has 7 heteroatoms. The normalized spacial score (nSPS) is 10.9. The van der Waals surface area contributed by atoms with Crippen LogP contribution < -0.4 is 10.1 Å². The van der Waals surface area contributed by atoms with Gasteiger partial charge >= 0.3 is 0 Å². The monoisotopic (exact) mass is 410 g/mol. The molecule has 0 aliphatic rings. The second-order valence-corrected chi connectivity index (χ2v) is 8.24. The van der Waals surface area contributed by atoms with Crippen LogP contribution in [-0.2, 0) is 11.8 Å². The van der Waals surface area contributed by atoms with E-state index >= 15 is 0 Å². The first-order valence-electron chi connectivity index (χ1n) is 9.54. The van der Waals surface area contributed by atoms with E-state index in [4.69, 9.17) is 4.74 Å². The fourth-order valence-corrected chi connectivity index (χ4v) is 3.42. The molecule has 0 unspecified atom stereocenters. The average Bonchev–Trinajstić information content (AvgIpc) is 3.05. The van der Waals surface area contributed by atoms with Crippen LogP contribution in [0.3, 0.4) is 0 Å². The van der Waals surface area contributed by atoms with Crippen LogP contribution in [0.15, 0.2) is 53.7 Å². The van der Waals surface area contributed by atoms with Crippen LogP contribution in [-0.4, -0.2) is 33.0 Å². The lowest BCUT2D eigenvalue weighted by molar-refractivity contribution is -0.113. The van der Waals surface area contributed by atoms with Crippen LogP contribution in [0.4, 0.5) is 5.69 Å². The summed E-state index contributed by atoms with van der Waals surface area (Å²) in [6.07, 6.45) is 0. The van der Waals surface area contributed by atoms with Crippen molar-refractivity contribution in [2.45, 2.75) is 25.9 Å². The molecule has 3 aromatic rings. The number of nitrogens with one attached hydrogen (secondary N) is 1. The molecular formula is C22H26N4O2S. The van der Waals surface area contributed by atoms with Crippen LogP contribution in [0.1, 0.15) is 19.4 Å². The molecule has 0 bridgehead atoms. The van der Waals surface area contributed by atoms with E-state index < -0.39 is 0 Å². The summed E-state index contributed by atoms with van der Waals surface area (Å²) in [6.45, 7) is 6.92. The van der Waals surface area contributed by atoms with Gasteiger partial charge in [-0.1, -0.05) is 37.7 Å². The summed E-state index contributed by atoms with van der Waals surface area (Å²) in [4.78, 5) is 12.2. The molecule has 0 fully saturated rings. The Bertz CT molecular complexity index is 967. The van der Waals surface area contributed by atoms with Crippen molar-refractivity contribution in [2.24, 2.45) is 13.0 Å². The molecule has 6 nitrogen and oxygen atoms in total. The number of aryl methyl sites for hydroxylation is 1. The number of anilines is 1.